The van der Waals surface area contributed by atoms with Crippen LogP contribution in [0, 0.1) is 0 Å². The molecule has 1 atom stereocenters. The van der Waals surface area contributed by atoms with Crippen molar-refractivity contribution in [2.75, 3.05) is 18.9 Å². The average molecular weight is 236 g/mol. The van der Waals surface area contributed by atoms with Crippen LogP contribution in [0.25, 0.3) is 0 Å². The third-order valence-electron chi connectivity index (χ3n) is 2.78. The Morgan fingerprint density at radius 2 is 2.35 bits per heavy atom. The lowest BCUT2D eigenvalue weighted by Gasteiger charge is -2.14. The second-order valence-electron chi connectivity index (χ2n) is 4.03. The number of hydrogen-bond donors (Lipinski definition) is 2. The van der Waals surface area contributed by atoms with Crippen LogP contribution >= 0.6 is 0 Å². The number of ether oxygens (including phenoxy) is 2. The van der Waals surface area contributed by atoms with E-state index in [0.717, 1.165) is 19.4 Å². The second kappa shape index (κ2) is 5.05. The predicted octanol–water partition coefficient (Wildman–Crippen LogP) is 0.925. The summed E-state index contributed by atoms with van der Waals surface area (Å²) < 4.78 is 11.0. The van der Waals surface area contributed by atoms with E-state index in [-0.39, 0.29) is 17.4 Å². The van der Waals surface area contributed by atoms with Gasteiger partial charge in [-0.1, -0.05) is 6.07 Å². The summed E-state index contributed by atoms with van der Waals surface area (Å²) in [7, 11) is 0. The van der Waals surface area contributed by atoms with E-state index >= 15 is 0 Å². The number of carbonyl (C=O) groups is 1. The largest absolute Gasteiger partial charge is 0.489 e. The summed E-state index contributed by atoms with van der Waals surface area (Å²) in [6.45, 7) is 1.23. The predicted molar refractivity (Wildman–Crippen MR) is 63.8 cm³/mol. The second-order valence-corrected chi connectivity index (χ2v) is 4.03. The minimum Gasteiger partial charge on any atom is -0.489 e. The first-order valence-electron chi connectivity index (χ1n) is 5.61. The van der Waals surface area contributed by atoms with Crippen molar-refractivity contribution >= 4 is 11.6 Å². The van der Waals surface area contributed by atoms with Crippen LogP contribution < -0.4 is 16.2 Å². The zero-order valence-electron chi connectivity index (χ0n) is 9.52. The van der Waals surface area contributed by atoms with Crippen LogP contribution in [0.4, 0.5) is 5.69 Å². The Balaban J connectivity index is 2.04. The molecule has 92 valence electrons. The van der Waals surface area contributed by atoms with Gasteiger partial charge in [-0.15, -0.1) is 0 Å². The fourth-order valence-electron chi connectivity index (χ4n) is 1.84. The lowest BCUT2D eigenvalue weighted by atomic mass is 10.1. The monoisotopic (exact) mass is 236 g/mol. The van der Waals surface area contributed by atoms with Crippen LogP contribution in [0.15, 0.2) is 18.2 Å². The van der Waals surface area contributed by atoms with Crippen LogP contribution in [0.2, 0.25) is 0 Å². The topological polar surface area (TPSA) is 87.6 Å². The highest BCUT2D eigenvalue weighted by atomic mass is 16.5. The normalized spacial score (nSPS) is 19.2. The molecule has 0 radical (unpaired) electrons. The molecule has 1 unspecified atom stereocenters. The van der Waals surface area contributed by atoms with Crippen molar-refractivity contribution in [3.63, 3.8) is 0 Å². The molecular formula is C12H16N2O3. The van der Waals surface area contributed by atoms with E-state index in [0.29, 0.717) is 12.4 Å². The van der Waals surface area contributed by atoms with Crippen molar-refractivity contribution in [2.24, 2.45) is 5.73 Å². The zero-order chi connectivity index (χ0) is 12.3. The van der Waals surface area contributed by atoms with Crippen molar-refractivity contribution < 1.29 is 14.3 Å². The number of rotatable bonds is 4. The van der Waals surface area contributed by atoms with Gasteiger partial charge in [0.2, 0.25) is 0 Å². The van der Waals surface area contributed by atoms with Crippen LogP contribution in [0.3, 0.4) is 0 Å². The molecule has 1 aromatic rings. The van der Waals surface area contributed by atoms with E-state index in [1.807, 2.05) is 0 Å². The molecule has 1 heterocycles. The molecular weight excluding hydrogens is 220 g/mol. The summed E-state index contributed by atoms with van der Waals surface area (Å²) in [4.78, 5) is 11.1. The Morgan fingerprint density at radius 1 is 1.53 bits per heavy atom. The van der Waals surface area contributed by atoms with Gasteiger partial charge in [0.1, 0.15) is 12.4 Å². The minimum atomic E-state index is -0.551. The molecule has 1 aliphatic rings. The van der Waals surface area contributed by atoms with E-state index in [1.54, 1.807) is 18.2 Å². The molecule has 0 saturated carbocycles. The van der Waals surface area contributed by atoms with Crippen molar-refractivity contribution in [1.29, 1.82) is 0 Å². The number of para-hydroxylation sites is 1. The molecule has 5 nitrogen and oxygen atoms in total. The Hall–Kier alpha value is -1.75. The SMILES string of the molecule is NC(=O)c1cccc(OCC2CCCO2)c1N. The molecule has 17 heavy (non-hydrogen) atoms. The maximum absolute atomic E-state index is 11.1. The summed E-state index contributed by atoms with van der Waals surface area (Å²) in [6.07, 6.45) is 2.17. The van der Waals surface area contributed by atoms with Crippen molar-refractivity contribution in [2.45, 2.75) is 18.9 Å². The van der Waals surface area contributed by atoms with Crippen LogP contribution in [0.1, 0.15) is 23.2 Å². The molecule has 4 N–H and O–H groups in total. The highest BCUT2D eigenvalue weighted by Gasteiger charge is 2.17. The number of nitrogen functional groups attached to an aromatic ring is 1. The summed E-state index contributed by atoms with van der Waals surface area (Å²) >= 11 is 0. The number of hydrogen-bond acceptors (Lipinski definition) is 4. The van der Waals surface area contributed by atoms with Crippen LogP contribution in [-0.4, -0.2) is 25.2 Å². The number of anilines is 1. The van der Waals surface area contributed by atoms with E-state index in [9.17, 15) is 4.79 Å². The van der Waals surface area contributed by atoms with Gasteiger partial charge in [0.15, 0.2) is 0 Å². The van der Waals surface area contributed by atoms with Gasteiger partial charge in [-0.25, -0.2) is 0 Å². The van der Waals surface area contributed by atoms with E-state index in [4.69, 9.17) is 20.9 Å². The molecule has 0 aliphatic carbocycles. The van der Waals surface area contributed by atoms with Crippen molar-refractivity contribution in [1.82, 2.24) is 0 Å². The lowest BCUT2D eigenvalue weighted by Crippen LogP contribution is -2.18. The number of benzene rings is 1. The number of nitrogens with two attached hydrogens (primary N) is 2. The highest BCUT2D eigenvalue weighted by Crippen LogP contribution is 2.25. The summed E-state index contributed by atoms with van der Waals surface area (Å²) in [5.41, 5.74) is 11.6. The molecule has 1 aromatic carbocycles. The third-order valence-corrected chi connectivity index (χ3v) is 2.78. The maximum Gasteiger partial charge on any atom is 0.250 e. The molecule has 1 saturated heterocycles. The van der Waals surface area contributed by atoms with Gasteiger partial charge in [-0.2, -0.15) is 0 Å². The van der Waals surface area contributed by atoms with Gasteiger partial charge in [-0.05, 0) is 25.0 Å². The third kappa shape index (κ3) is 2.68. The smallest absolute Gasteiger partial charge is 0.250 e. The number of amides is 1. The Bertz CT molecular complexity index is 414. The summed E-state index contributed by atoms with van der Waals surface area (Å²) in [6, 6.07) is 4.99. The molecule has 1 fully saturated rings. The first-order valence-corrected chi connectivity index (χ1v) is 5.61. The van der Waals surface area contributed by atoms with E-state index < -0.39 is 5.91 Å². The first kappa shape index (κ1) is 11.7. The molecule has 1 aliphatic heterocycles. The Kier molecular flexibility index (Phi) is 3.49. The molecule has 2 rings (SSSR count). The highest BCUT2D eigenvalue weighted by molar-refractivity contribution is 5.99. The standard InChI is InChI=1S/C12H16N2O3/c13-11-9(12(14)15)4-1-5-10(11)17-7-8-3-2-6-16-8/h1,4-5,8H,2-3,6-7,13H2,(H2,14,15). The Labute approximate surface area is 99.7 Å². The fraction of sp³-hybridized carbons (Fsp3) is 0.417. The van der Waals surface area contributed by atoms with E-state index in [2.05, 4.69) is 0 Å². The molecule has 1 amide bonds. The molecule has 0 bridgehead atoms. The van der Waals surface area contributed by atoms with Gasteiger partial charge in [0.05, 0.1) is 17.4 Å². The molecule has 0 aromatic heterocycles. The van der Waals surface area contributed by atoms with Gasteiger partial charge >= 0.3 is 0 Å². The Morgan fingerprint density at radius 3 is 3.00 bits per heavy atom. The fourth-order valence-corrected chi connectivity index (χ4v) is 1.84. The quantitative estimate of drug-likeness (QED) is 0.761. The van der Waals surface area contributed by atoms with Gasteiger partial charge < -0.3 is 20.9 Å². The number of carbonyl (C=O) groups excluding carboxylic acids is 1. The molecule has 0 spiro atoms. The lowest BCUT2D eigenvalue weighted by molar-refractivity contribution is 0.0682. The van der Waals surface area contributed by atoms with Gasteiger partial charge in [-0.3, -0.25) is 4.79 Å². The van der Waals surface area contributed by atoms with Crippen molar-refractivity contribution in [3.05, 3.63) is 23.8 Å². The van der Waals surface area contributed by atoms with Crippen molar-refractivity contribution in [3.8, 4) is 5.75 Å². The van der Waals surface area contributed by atoms with Gasteiger partial charge in [0.25, 0.3) is 5.91 Å². The number of primary amides is 1. The zero-order valence-corrected chi connectivity index (χ0v) is 9.52. The summed E-state index contributed by atoms with van der Waals surface area (Å²) in [5.74, 6) is -0.0677. The molecule has 5 heteroatoms. The maximum atomic E-state index is 11.1. The van der Waals surface area contributed by atoms with E-state index in [1.165, 1.54) is 0 Å². The summed E-state index contributed by atoms with van der Waals surface area (Å²) in [5, 5.41) is 0. The van der Waals surface area contributed by atoms with Gasteiger partial charge in [0, 0.05) is 6.61 Å². The minimum absolute atomic E-state index is 0.117. The average Bonchev–Trinajstić information content (AvgIpc) is 2.80. The van der Waals surface area contributed by atoms with Crippen LogP contribution in [-0.2, 0) is 4.74 Å². The van der Waals surface area contributed by atoms with Crippen LogP contribution in [0.5, 0.6) is 5.75 Å². The first-order chi connectivity index (χ1) is 8.18.